The van der Waals surface area contributed by atoms with Gasteiger partial charge in [0.1, 0.15) is 0 Å². The van der Waals surface area contributed by atoms with E-state index in [-0.39, 0.29) is 11.5 Å². The molecule has 0 unspecified atom stereocenters. The lowest BCUT2D eigenvalue weighted by Gasteiger charge is -2.26. The summed E-state index contributed by atoms with van der Waals surface area (Å²) in [5, 5.41) is 13.9. The van der Waals surface area contributed by atoms with Gasteiger partial charge in [0, 0.05) is 43.9 Å². The van der Waals surface area contributed by atoms with Crippen molar-refractivity contribution >= 4 is 11.5 Å². The third-order valence-electron chi connectivity index (χ3n) is 2.96. The highest BCUT2D eigenvalue weighted by molar-refractivity contribution is 5.98. The lowest BCUT2D eigenvalue weighted by Crippen LogP contribution is -2.45. The Kier molecular flexibility index (Phi) is 4.01. The van der Waals surface area contributed by atoms with E-state index in [1.807, 2.05) is 0 Å². The Balaban J connectivity index is 2.03. The first-order valence-corrected chi connectivity index (χ1v) is 5.87. The van der Waals surface area contributed by atoms with Crippen molar-refractivity contribution in [3.8, 4) is 0 Å². The van der Waals surface area contributed by atoms with Crippen LogP contribution in [0.5, 0.6) is 0 Å². The number of piperazine rings is 1. The number of hydrogen-bond donors (Lipinski definition) is 1. The van der Waals surface area contributed by atoms with Gasteiger partial charge in [0.05, 0.1) is 11.5 Å². The summed E-state index contributed by atoms with van der Waals surface area (Å²) >= 11 is 0. The molecule has 0 saturated carbocycles. The zero-order valence-corrected chi connectivity index (χ0v) is 9.96. The molecule has 0 bridgehead atoms. The number of rotatable bonds is 4. The minimum Gasteiger partial charge on any atom is -0.314 e. The SMILES string of the molecule is O=C(CN1CCNCC1)c1cccc([N+](=O)[O-])c1. The van der Waals surface area contributed by atoms with Crippen LogP contribution in [0.3, 0.4) is 0 Å². The van der Waals surface area contributed by atoms with Crippen LogP contribution in [-0.4, -0.2) is 48.3 Å². The van der Waals surface area contributed by atoms with E-state index in [0.717, 1.165) is 26.2 Å². The highest BCUT2D eigenvalue weighted by Gasteiger charge is 2.16. The molecule has 96 valence electrons. The van der Waals surface area contributed by atoms with E-state index in [0.29, 0.717) is 12.1 Å². The van der Waals surface area contributed by atoms with Crippen molar-refractivity contribution in [3.05, 3.63) is 39.9 Å². The van der Waals surface area contributed by atoms with E-state index in [1.54, 1.807) is 12.1 Å². The Morgan fingerprint density at radius 1 is 1.39 bits per heavy atom. The van der Waals surface area contributed by atoms with Gasteiger partial charge in [-0.05, 0) is 0 Å². The van der Waals surface area contributed by atoms with Crippen molar-refractivity contribution in [3.63, 3.8) is 0 Å². The summed E-state index contributed by atoms with van der Waals surface area (Å²) in [6.45, 7) is 3.74. The molecule has 1 aliphatic heterocycles. The molecule has 1 aliphatic rings. The maximum atomic E-state index is 12.0. The Bertz CT molecular complexity index is 456. The first-order chi connectivity index (χ1) is 8.66. The molecule has 0 spiro atoms. The second kappa shape index (κ2) is 5.70. The van der Waals surface area contributed by atoms with Crippen LogP contribution in [-0.2, 0) is 0 Å². The van der Waals surface area contributed by atoms with E-state index in [4.69, 9.17) is 0 Å². The van der Waals surface area contributed by atoms with Gasteiger partial charge in [0.25, 0.3) is 5.69 Å². The smallest absolute Gasteiger partial charge is 0.270 e. The summed E-state index contributed by atoms with van der Waals surface area (Å²) in [6.07, 6.45) is 0. The van der Waals surface area contributed by atoms with E-state index in [2.05, 4.69) is 10.2 Å². The molecule has 1 heterocycles. The molecule has 1 aromatic rings. The third kappa shape index (κ3) is 3.12. The zero-order valence-electron chi connectivity index (χ0n) is 9.96. The van der Waals surface area contributed by atoms with Gasteiger partial charge in [0.15, 0.2) is 5.78 Å². The maximum absolute atomic E-state index is 12.0. The number of nitrogens with one attached hydrogen (secondary N) is 1. The van der Waals surface area contributed by atoms with Crippen molar-refractivity contribution in [2.24, 2.45) is 0 Å². The molecule has 6 heteroatoms. The van der Waals surface area contributed by atoms with Crippen molar-refractivity contribution in [2.45, 2.75) is 0 Å². The number of nitro benzene ring substituents is 1. The molecule has 0 amide bonds. The Morgan fingerprint density at radius 2 is 2.11 bits per heavy atom. The minimum absolute atomic E-state index is 0.0406. The molecular formula is C12H15N3O3. The number of ketones is 1. The molecule has 0 radical (unpaired) electrons. The predicted octanol–water partition coefficient (Wildman–Crippen LogP) is 0.683. The summed E-state index contributed by atoms with van der Waals surface area (Å²) < 4.78 is 0. The van der Waals surface area contributed by atoms with Crippen molar-refractivity contribution < 1.29 is 9.72 Å². The molecule has 1 saturated heterocycles. The van der Waals surface area contributed by atoms with Gasteiger partial charge in [-0.25, -0.2) is 0 Å². The summed E-state index contributed by atoms with van der Waals surface area (Å²) in [4.78, 5) is 24.2. The molecule has 1 aromatic carbocycles. The molecule has 1 N–H and O–H groups in total. The van der Waals surface area contributed by atoms with Crippen LogP contribution in [0, 0.1) is 10.1 Å². The van der Waals surface area contributed by atoms with Gasteiger partial charge >= 0.3 is 0 Å². The van der Waals surface area contributed by atoms with Crippen molar-refractivity contribution in [2.75, 3.05) is 32.7 Å². The largest absolute Gasteiger partial charge is 0.314 e. The average molecular weight is 249 g/mol. The van der Waals surface area contributed by atoms with Gasteiger partial charge in [0.2, 0.25) is 0 Å². The van der Waals surface area contributed by atoms with E-state index in [1.165, 1.54) is 12.1 Å². The van der Waals surface area contributed by atoms with Gasteiger partial charge in [-0.15, -0.1) is 0 Å². The molecule has 1 fully saturated rings. The lowest BCUT2D eigenvalue weighted by molar-refractivity contribution is -0.384. The van der Waals surface area contributed by atoms with Gasteiger partial charge in [-0.1, -0.05) is 12.1 Å². The number of nitro groups is 1. The molecular weight excluding hydrogens is 234 g/mol. The van der Waals surface area contributed by atoms with Crippen LogP contribution < -0.4 is 5.32 Å². The number of hydrogen-bond acceptors (Lipinski definition) is 5. The normalized spacial score (nSPS) is 16.4. The number of carbonyl (C=O) groups is 1. The number of non-ortho nitro benzene ring substituents is 1. The Hall–Kier alpha value is -1.79. The monoisotopic (exact) mass is 249 g/mol. The molecule has 6 nitrogen and oxygen atoms in total. The third-order valence-corrected chi connectivity index (χ3v) is 2.96. The Morgan fingerprint density at radius 3 is 2.78 bits per heavy atom. The zero-order chi connectivity index (χ0) is 13.0. The number of nitrogens with zero attached hydrogens (tertiary/aromatic N) is 2. The molecule has 0 aromatic heterocycles. The molecule has 0 atom stereocenters. The quantitative estimate of drug-likeness (QED) is 0.482. The number of Topliss-reactive ketones (excluding diaryl/α,β-unsaturated/α-hetero) is 1. The first-order valence-electron chi connectivity index (χ1n) is 5.87. The fraction of sp³-hybridized carbons (Fsp3) is 0.417. The van der Waals surface area contributed by atoms with Crippen LogP contribution in [0.25, 0.3) is 0 Å². The van der Waals surface area contributed by atoms with Crippen LogP contribution in [0.15, 0.2) is 24.3 Å². The second-order valence-electron chi connectivity index (χ2n) is 4.26. The average Bonchev–Trinajstić information content (AvgIpc) is 2.40. The van der Waals surface area contributed by atoms with Crippen LogP contribution >= 0.6 is 0 Å². The fourth-order valence-electron chi connectivity index (χ4n) is 1.96. The maximum Gasteiger partial charge on any atom is 0.270 e. The lowest BCUT2D eigenvalue weighted by atomic mass is 10.1. The summed E-state index contributed by atoms with van der Waals surface area (Å²) in [5.41, 5.74) is 0.365. The summed E-state index contributed by atoms with van der Waals surface area (Å²) in [6, 6.07) is 5.90. The van der Waals surface area contributed by atoms with Gasteiger partial charge in [-0.3, -0.25) is 19.8 Å². The summed E-state index contributed by atoms with van der Waals surface area (Å²) in [5.74, 6) is -0.0689. The van der Waals surface area contributed by atoms with Crippen molar-refractivity contribution in [1.82, 2.24) is 10.2 Å². The molecule has 2 rings (SSSR count). The molecule has 0 aliphatic carbocycles. The fourth-order valence-corrected chi connectivity index (χ4v) is 1.96. The van der Waals surface area contributed by atoms with E-state index < -0.39 is 4.92 Å². The topological polar surface area (TPSA) is 75.5 Å². The van der Waals surface area contributed by atoms with Crippen LogP contribution in [0.1, 0.15) is 10.4 Å². The predicted molar refractivity (Wildman–Crippen MR) is 66.7 cm³/mol. The highest BCUT2D eigenvalue weighted by Crippen LogP contribution is 2.14. The van der Waals surface area contributed by atoms with Crippen LogP contribution in [0.2, 0.25) is 0 Å². The van der Waals surface area contributed by atoms with Crippen molar-refractivity contribution in [1.29, 1.82) is 0 Å². The number of carbonyl (C=O) groups excluding carboxylic acids is 1. The van der Waals surface area contributed by atoms with E-state index in [9.17, 15) is 14.9 Å². The Labute approximate surface area is 105 Å². The first kappa shape index (κ1) is 12.7. The van der Waals surface area contributed by atoms with E-state index >= 15 is 0 Å². The number of benzene rings is 1. The second-order valence-corrected chi connectivity index (χ2v) is 4.26. The summed E-state index contributed by atoms with van der Waals surface area (Å²) in [7, 11) is 0. The van der Waals surface area contributed by atoms with Crippen LogP contribution in [0.4, 0.5) is 5.69 Å². The van der Waals surface area contributed by atoms with Gasteiger partial charge in [-0.2, -0.15) is 0 Å². The highest BCUT2D eigenvalue weighted by atomic mass is 16.6. The standard InChI is InChI=1S/C12H15N3O3/c16-12(9-14-6-4-13-5-7-14)10-2-1-3-11(8-10)15(17)18/h1-3,8,13H,4-7,9H2. The molecule has 18 heavy (non-hydrogen) atoms. The minimum atomic E-state index is -0.485. The van der Waals surface area contributed by atoms with Gasteiger partial charge < -0.3 is 5.32 Å².